The summed E-state index contributed by atoms with van der Waals surface area (Å²) < 4.78 is 18.4. The Morgan fingerprint density at radius 2 is 1.91 bits per heavy atom. The highest BCUT2D eigenvalue weighted by Gasteiger charge is 2.29. The van der Waals surface area contributed by atoms with Crippen molar-refractivity contribution >= 4 is 28.7 Å². The molecule has 0 aliphatic heterocycles. The summed E-state index contributed by atoms with van der Waals surface area (Å²) in [6.07, 6.45) is 3.85. The molecule has 33 heavy (non-hydrogen) atoms. The molecule has 0 spiro atoms. The molecule has 5 nitrogen and oxygen atoms in total. The number of benzene rings is 2. The molecule has 3 aromatic rings. The molecule has 0 bridgehead atoms. The zero-order chi connectivity index (χ0) is 23.4. The first-order chi connectivity index (χ1) is 16.0. The number of esters is 1. The molecule has 1 saturated carbocycles. The predicted molar refractivity (Wildman–Crippen MR) is 125 cm³/mol. The maximum absolute atomic E-state index is 13.6. The molecule has 1 atom stereocenters. The Morgan fingerprint density at radius 1 is 1.18 bits per heavy atom. The van der Waals surface area contributed by atoms with E-state index in [0.717, 1.165) is 46.1 Å². The highest BCUT2D eigenvalue weighted by atomic mass is 19.1. The number of ketones is 1. The number of fused-ring (bicyclic) bond motifs is 1. The molecular formula is C27H26FNO4. The van der Waals surface area contributed by atoms with Gasteiger partial charge in [-0.15, -0.1) is 0 Å². The van der Waals surface area contributed by atoms with Crippen LogP contribution in [0.5, 0.6) is 0 Å². The Morgan fingerprint density at radius 3 is 2.61 bits per heavy atom. The number of aromatic nitrogens is 1. The van der Waals surface area contributed by atoms with E-state index in [1.165, 1.54) is 12.1 Å². The van der Waals surface area contributed by atoms with E-state index in [-0.39, 0.29) is 31.0 Å². The van der Waals surface area contributed by atoms with Gasteiger partial charge in [0, 0.05) is 28.9 Å². The SMILES string of the molecule is CCOC(=O)CC(=O)C[C@H](O)C=Cc1c(C2CC2)nc2ccccc2c1-c1ccc(F)cc1. The minimum absolute atomic E-state index is 0.180. The standard InChI is InChI=1S/C27H26FNO4/c1-2-33-25(32)16-21(31)15-20(30)13-14-23-26(17-9-11-19(28)12-10-17)22-5-3-4-6-24(22)29-27(23)18-7-8-18/h3-6,9-14,18,20,30H,2,7-8,15-16H2,1H3/t20-/m1/s1. The molecule has 1 aliphatic rings. The molecule has 1 N–H and O–H groups in total. The van der Waals surface area contributed by atoms with Crippen molar-refractivity contribution in [3.05, 3.63) is 71.7 Å². The van der Waals surface area contributed by atoms with Crippen LogP contribution in [0.4, 0.5) is 4.39 Å². The lowest BCUT2D eigenvalue weighted by Gasteiger charge is -2.16. The maximum Gasteiger partial charge on any atom is 0.313 e. The van der Waals surface area contributed by atoms with Gasteiger partial charge in [0.15, 0.2) is 0 Å². The van der Waals surface area contributed by atoms with Crippen LogP contribution in [-0.2, 0) is 14.3 Å². The molecule has 1 aliphatic carbocycles. The van der Waals surface area contributed by atoms with Crippen molar-refractivity contribution in [3.8, 4) is 11.1 Å². The molecule has 1 aromatic heterocycles. The van der Waals surface area contributed by atoms with Gasteiger partial charge < -0.3 is 9.84 Å². The minimum Gasteiger partial charge on any atom is -0.466 e. The molecule has 2 aromatic carbocycles. The van der Waals surface area contributed by atoms with Crippen molar-refractivity contribution in [3.63, 3.8) is 0 Å². The summed E-state index contributed by atoms with van der Waals surface area (Å²) in [6, 6.07) is 14.2. The van der Waals surface area contributed by atoms with Crippen molar-refractivity contribution in [1.29, 1.82) is 0 Å². The van der Waals surface area contributed by atoms with E-state index in [1.54, 1.807) is 31.2 Å². The molecular weight excluding hydrogens is 421 g/mol. The van der Waals surface area contributed by atoms with Crippen LogP contribution in [0.3, 0.4) is 0 Å². The first-order valence-electron chi connectivity index (χ1n) is 11.2. The van der Waals surface area contributed by atoms with Gasteiger partial charge in [-0.3, -0.25) is 14.6 Å². The number of rotatable bonds is 9. The molecule has 1 fully saturated rings. The molecule has 6 heteroatoms. The average molecular weight is 448 g/mol. The largest absolute Gasteiger partial charge is 0.466 e. The number of carbonyl (C=O) groups excluding carboxylic acids is 2. The highest BCUT2D eigenvalue weighted by Crippen LogP contribution is 2.45. The summed E-state index contributed by atoms with van der Waals surface area (Å²) in [5.74, 6) is -0.960. The van der Waals surface area contributed by atoms with Crippen LogP contribution in [0, 0.1) is 5.82 Å². The van der Waals surface area contributed by atoms with E-state index in [1.807, 2.05) is 24.3 Å². The summed E-state index contributed by atoms with van der Waals surface area (Å²) in [5.41, 5.74) is 4.43. The van der Waals surface area contributed by atoms with E-state index < -0.39 is 12.1 Å². The molecule has 1 heterocycles. The summed E-state index contributed by atoms with van der Waals surface area (Å²) >= 11 is 0. The van der Waals surface area contributed by atoms with Crippen molar-refractivity contribution in [2.75, 3.05) is 6.61 Å². The Bertz CT molecular complexity index is 1200. The van der Waals surface area contributed by atoms with Crippen LogP contribution in [0.1, 0.15) is 49.8 Å². The number of pyridine rings is 1. The van der Waals surface area contributed by atoms with Gasteiger partial charge in [0.25, 0.3) is 0 Å². The van der Waals surface area contributed by atoms with Crippen LogP contribution < -0.4 is 0 Å². The van der Waals surface area contributed by atoms with Crippen LogP contribution in [-0.4, -0.2) is 34.6 Å². The monoisotopic (exact) mass is 447 g/mol. The van der Waals surface area contributed by atoms with Crippen molar-refractivity contribution in [1.82, 2.24) is 4.98 Å². The second-order valence-electron chi connectivity index (χ2n) is 8.24. The maximum atomic E-state index is 13.6. The van der Waals surface area contributed by atoms with Gasteiger partial charge in [0.2, 0.25) is 0 Å². The molecule has 0 radical (unpaired) electrons. The van der Waals surface area contributed by atoms with Crippen molar-refractivity contribution in [2.45, 2.75) is 44.6 Å². The van der Waals surface area contributed by atoms with Crippen molar-refractivity contribution < 1.29 is 23.8 Å². The Balaban J connectivity index is 1.71. The molecule has 0 amide bonds. The second kappa shape index (κ2) is 10.0. The molecule has 170 valence electrons. The van der Waals surface area contributed by atoms with Crippen molar-refractivity contribution in [2.24, 2.45) is 0 Å². The topological polar surface area (TPSA) is 76.5 Å². The summed E-state index contributed by atoms with van der Waals surface area (Å²) in [5, 5.41) is 11.4. The van der Waals surface area contributed by atoms with Gasteiger partial charge in [-0.05, 0) is 43.5 Å². The number of ether oxygens (including phenoxy) is 1. The predicted octanol–water partition coefficient (Wildman–Crippen LogP) is 5.20. The second-order valence-corrected chi connectivity index (χ2v) is 8.24. The van der Waals surface area contributed by atoms with Crippen LogP contribution in [0.25, 0.3) is 28.1 Å². The fourth-order valence-electron chi connectivity index (χ4n) is 3.96. The first-order valence-corrected chi connectivity index (χ1v) is 11.2. The van der Waals surface area contributed by atoms with E-state index >= 15 is 0 Å². The summed E-state index contributed by atoms with van der Waals surface area (Å²) in [4.78, 5) is 28.5. The fraction of sp³-hybridized carbons (Fsp3) is 0.296. The molecule has 4 rings (SSSR count). The third kappa shape index (κ3) is 5.52. The normalized spacial score (nSPS) is 14.5. The zero-order valence-electron chi connectivity index (χ0n) is 18.5. The highest BCUT2D eigenvalue weighted by molar-refractivity contribution is 5.99. The Labute approximate surface area is 191 Å². The number of para-hydroxylation sites is 1. The summed E-state index contributed by atoms with van der Waals surface area (Å²) in [6.45, 7) is 1.88. The van der Waals surface area contributed by atoms with Gasteiger partial charge >= 0.3 is 5.97 Å². The number of halogens is 1. The van der Waals surface area contributed by atoms with E-state index in [0.29, 0.717) is 5.92 Å². The third-order valence-corrected chi connectivity index (χ3v) is 5.63. The number of carbonyl (C=O) groups is 2. The number of aliphatic hydroxyl groups excluding tert-OH is 1. The lowest BCUT2D eigenvalue weighted by molar-refractivity contribution is -0.145. The van der Waals surface area contributed by atoms with Crippen LogP contribution in [0.2, 0.25) is 0 Å². The number of Topliss-reactive ketones (excluding diaryl/α,β-unsaturated/α-hetero) is 1. The van der Waals surface area contributed by atoms with Gasteiger partial charge in [-0.1, -0.05) is 42.5 Å². The Hall–Kier alpha value is -3.38. The van der Waals surface area contributed by atoms with E-state index in [4.69, 9.17) is 9.72 Å². The number of aliphatic hydroxyl groups is 1. The van der Waals surface area contributed by atoms with Crippen LogP contribution >= 0.6 is 0 Å². The number of hydrogen-bond donors (Lipinski definition) is 1. The fourth-order valence-corrected chi connectivity index (χ4v) is 3.96. The zero-order valence-corrected chi connectivity index (χ0v) is 18.5. The van der Waals surface area contributed by atoms with Gasteiger partial charge in [-0.25, -0.2) is 4.39 Å². The number of hydrogen-bond acceptors (Lipinski definition) is 5. The Kier molecular flexibility index (Phi) is 6.94. The lowest BCUT2D eigenvalue weighted by Crippen LogP contribution is -2.16. The summed E-state index contributed by atoms with van der Waals surface area (Å²) in [7, 11) is 0. The third-order valence-electron chi connectivity index (χ3n) is 5.63. The average Bonchev–Trinajstić information content (AvgIpc) is 3.63. The van der Waals surface area contributed by atoms with E-state index in [9.17, 15) is 19.1 Å². The van der Waals surface area contributed by atoms with Crippen LogP contribution in [0.15, 0.2) is 54.6 Å². The van der Waals surface area contributed by atoms with Gasteiger partial charge in [0.1, 0.15) is 18.0 Å². The molecule has 0 unspecified atom stereocenters. The minimum atomic E-state index is -1.05. The quantitative estimate of drug-likeness (QED) is 0.360. The number of nitrogens with zero attached hydrogens (tertiary/aromatic N) is 1. The first kappa shape index (κ1) is 22.8. The molecule has 0 saturated heterocycles. The van der Waals surface area contributed by atoms with Gasteiger partial charge in [-0.2, -0.15) is 0 Å². The van der Waals surface area contributed by atoms with E-state index in [2.05, 4.69) is 0 Å². The lowest BCUT2D eigenvalue weighted by atomic mass is 9.92. The smallest absolute Gasteiger partial charge is 0.313 e. The van der Waals surface area contributed by atoms with Gasteiger partial charge in [0.05, 0.1) is 23.9 Å².